The minimum absolute atomic E-state index is 0.0394. The van der Waals surface area contributed by atoms with Gasteiger partial charge in [0.25, 0.3) is 0 Å². The third-order valence-electron chi connectivity index (χ3n) is 3.02. The van der Waals surface area contributed by atoms with Crippen LogP contribution < -0.4 is 11.5 Å². The Balaban J connectivity index is 3.16. The first-order valence-corrected chi connectivity index (χ1v) is 4.28. The molecule has 1 rings (SSSR count). The average Bonchev–Trinajstić information content (AvgIpc) is 1.99. The van der Waals surface area contributed by atoms with Crippen LogP contribution in [0.2, 0.25) is 0 Å². The lowest BCUT2D eigenvalue weighted by atomic mass is 9.77. The zero-order valence-corrected chi connectivity index (χ0v) is 8.31. The molecule has 0 aromatic carbocycles. The molecule has 0 radical (unpaired) electrons. The zero-order chi connectivity index (χ0) is 9.52. The summed E-state index contributed by atoms with van der Waals surface area (Å²) < 4.78 is 0. The minimum atomic E-state index is -0.371. The van der Waals surface area contributed by atoms with Crippen LogP contribution >= 0.6 is 0 Å². The summed E-state index contributed by atoms with van der Waals surface area (Å²) >= 11 is 0. The van der Waals surface area contributed by atoms with Crippen molar-refractivity contribution in [1.82, 2.24) is 0 Å². The average molecular weight is 166 g/mol. The highest BCUT2D eigenvalue weighted by molar-refractivity contribution is 5.41. The van der Waals surface area contributed by atoms with Crippen LogP contribution in [0, 0.1) is 0 Å². The molecule has 0 saturated heterocycles. The Morgan fingerprint density at radius 3 is 2.33 bits per heavy atom. The van der Waals surface area contributed by atoms with Crippen molar-refractivity contribution in [3.8, 4) is 0 Å². The van der Waals surface area contributed by atoms with E-state index in [1.54, 1.807) is 0 Å². The Morgan fingerprint density at radius 2 is 1.83 bits per heavy atom. The quantitative estimate of drug-likeness (QED) is 0.570. The Bertz CT molecular complexity index is 259. The highest BCUT2D eigenvalue weighted by atomic mass is 14.9. The van der Waals surface area contributed by atoms with Crippen LogP contribution in [0.15, 0.2) is 22.8 Å². The Labute approximate surface area is 74.3 Å². The van der Waals surface area contributed by atoms with Crippen molar-refractivity contribution >= 4 is 0 Å². The van der Waals surface area contributed by atoms with E-state index in [0.717, 1.165) is 5.57 Å². The Hall–Kier alpha value is -0.600. The first kappa shape index (κ1) is 9.49. The third kappa shape index (κ3) is 1.21. The van der Waals surface area contributed by atoms with Gasteiger partial charge in [0.2, 0.25) is 0 Å². The monoisotopic (exact) mass is 166 g/mol. The number of nitrogens with two attached hydrogens (primary N) is 2. The van der Waals surface area contributed by atoms with Crippen LogP contribution in [-0.4, -0.2) is 11.6 Å². The predicted octanol–water partition coefficient (Wildman–Crippen LogP) is 1.33. The van der Waals surface area contributed by atoms with Crippen molar-refractivity contribution < 1.29 is 0 Å². The van der Waals surface area contributed by atoms with E-state index in [9.17, 15) is 0 Å². The van der Waals surface area contributed by atoms with Gasteiger partial charge >= 0.3 is 0 Å². The van der Waals surface area contributed by atoms with Crippen LogP contribution in [-0.2, 0) is 0 Å². The first-order chi connectivity index (χ1) is 5.37. The second kappa shape index (κ2) is 2.71. The van der Waals surface area contributed by atoms with Gasteiger partial charge in [0.15, 0.2) is 0 Å². The zero-order valence-electron chi connectivity index (χ0n) is 8.31. The maximum Gasteiger partial charge on any atom is 0.0533 e. The third-order valence-corrected chi connectivity index (χ3v) is 3.02. The number of allylic oxidation sites excluding steroid dienone is 2. The van der Waals surface area contributed by atoms with Gasteiger partial charge in [0.05, 0.1) is 5.54 Å². The van der Waals surface area contributed by atoms with Crippen molar-refractivity contribution in [2.24, 2.45) is 11.5 Å². The lowest BCUT2D eigenvalue weighted by Gasteiger charge is -2.37. The highest BCUT2D eigenvalue weighted by Crippen LogP contribution is 2.29. The summed E-state index contributed by atoms with van der Waals surface area (Å²) in [5.74, 6) is 0. The van der Waals surface area contributed by atoms with E-state index in [4.69, 9.17) is 11.5 Å². The molecule has 0 saturated carbocycles. The van der Waals surface area contributed by atoms with Crippen LogP contribution in [0.1, 0.15) is 27.7 Å². The van der Waals surface area contributed by atoms with Crippen LogP contribution in [0.5, 0.6) is 0 Å². The van der Waals surface area contributed by atoms with Gasteiger partial charge in [-0.1, -0.05) is 22.8 Å². The smallest absolute Gasteiger partial charge is 0.0533 e. The molecule has 0 heterocycles. The molecule has 2 nitrogen and oxygen atoms in total. The summed E-state index contributed by atoms with van der Waals surface area (Å²) in [7, 11) is 0. The number of hydrogen-bond acceptors (Lipinski definition) is 2. The molecule has 2 heteroatoms. The second-order valence-electron chi connectivity index (χ2n) is 3.95. The fourth-order valence-corrected chi connectivity index (χ4v) is 1.53. The van der Waals surface area contributed by atoms with Gasteiger partial charge in [-0.25, -0.2) is 0 Å². The van der Waals surface area contributed by atoms with Gasteiger partial charge in [-0.05, 0) is 27.7 Å². The van der Waals surface area contributed by atoms with Gasteiger partial charge in [-0.3, -0.25) is 0 Å². The van der Waals surface area contributed by atoms with Gasteiger partial charge in [0, 0.05) is 6.04 Å². The predicted molar refractivity (Wildman–Crippen MR) is 52.7 cm³/mol. The maximum absolute atomic E-state index is 6.09. The summed E-state index contributed by atoms with van der Waals surface area (Å²) in [6.45, 7) is 8.15. The summed E-state index contributed by atoms with van der Waals surface area (Å²) in [6.07, 6.45) is 2.12. The van der Waals surface area contributed by atoms with E-state index < -0.39 is 0 Å². The molecular weight excluding hydrogens is 148 g/mol. The minimum Gasteiger partial charge on any atom is -0.322 e. The summed E-state index contributed by atoms with van der Waals surface area (Å²) in [6, 6.07) is -0.0394. The van der Waals surface area contributed by atoms with Gasteiger partial charge in [-0.2, -0.15) is 0 Å². The highest BCUT2D eigenvalue weighted by Gasteiger charge is 2.33. The molecule has 1 aliphatic rings. The second-order valence-corrected chi connectivity index (χ2v) is 3.95. The van der Waals surface area contributed by atoms with E-state index in [2.05, 4.69) is 13.0 Å². The Kier molecular flexibility index (Phi) is 2.15. The fraction of sp³-hybridized carbons (Fsp3) is 0.600. The van der Waals surface area contributed by atoms with Gasteiger partial charge in [0.1, 0.15) is 0 Å². The van der Waals surface area contributed by atoms with Gasteiger partial charge < -0.3 is 11.5 Å². The molecule has 0 bridgehead atoms. The molecule has 2 atom stereocenters. The fourth-order valence-electron chi connectivity index (χ4n) is 1.53. The molecule has 0 aromatic heterocycles. The lowest BCUT2D eigenvalue weighted by Crippen LogP contribution is -2.55. The molecule has 0 spiro atoms. The maximum atomic E-state index is 6.09. The van der Waals surface area contributed by atoms with Crippen molar-refractivity contribution in [2.75, 3.05) is 0 Å². The summed E-state index contributed by atoms with van der Waals surface area (Å²) in [5.41, 5.74) is 15.3. The number of rotatable bonds is 0. The van der Waals surface area contributed by atoms with Gasteiger partial charge in [-0.15, -0.1) is 0 Å². The van der Waals surface area contributed by atoms with E-state index in [-0.39, 0.29) is 11.6 Å². The molecule has 0 aliphatic heterocycles. The van der Waals surface area contributed by atoms with E-state index in [0.29, 0.717) is 0 Å². The van der Waals surface area contributed by atoms with Crippen molar-refractivity contribution in [1.29, 1.82) is 0 Å². The molecule has 2 unspecified atom stereocenters. The molecule has 12 heavy (non-hydrogen) atoms. The van der Waals surface area contributed by atoms with E-state index in [1.165, 1.54) is 11.1 Å². The molecule has 0 amide bonds. The topological polar surface area (TPSA) is 52.0 Å². The van der Waals surface area contributed by atoms with E-state index >= 15 is 0 Å². The largest absolute Gasteiger partial charge is 0.322 e. The van der Waals surface area contributed by atoms with E-state index in [1.807, 2.05) is 20.8 Å². The van der Waals surface area contributed by atoms with Crippen LogP contribution in [0.25, 0.3) is 0 Å². The Morgan fingerprint density at radius 1 is 1.33 bits per heavy atom. The van der Waals surface area contributed by atoms with Crippen LogP contribution in [0.3, 0.4) is 0 Å². The summed E-state index contributed by atoms with van der Waals surface area (Å²) in [4.78, 5) is 0. The molecule has 1 aliphatic carbocycles. The molecule has 0 aromatic rings. The molecule has 0 fully saturated rings. The SMILES string of the molecule is CC1=CC(C)=C(C)C(N)C1(C)N. The van der Waals surface area contributed by atoms with Crippen LogP contribution in [0.4, 0.5) is 0 Å². The summed E-state index contributed by atoms with van der Waals surface area (Å²) in [5, 5.41) is 0. The van der Waals surface area contributed by atoms with Crippen molar-refractivity contribution in [2.45, 2.75) is 39.3 Å². The molecule has 4 N–H and O–H groups in total. The normalized spacial score (nSPS) is 36.8. The first-order valence-electron chi connectivity index (χ1n) is 4.28. The van der Waals surface area contributed by atoms with Crippen molar-refractivity contribution in [3.63, 3.8) is 0 Å². The van der Waals surface area contributed by atoms with Crippen molar-refractivity contribution in [3.05, 3.63) is 22.8 Å². The molecular formula is C10H18N2. The number of hydrogen-bond donors (Lipinski definition) is 2. The standard InChI is InChI=1S/C10H18N2/c1-6-5-7(2)10(4,12)9(11)8(6)3/h5,9H,11-12H2,1-4H3. The lowest BCUT2D eigenvalue weighted by molar-refractivity contribution is 0.464. The molecule has 68 valence electrons.